The molecule has 8 heteroatoms. The fraction of sp³-hybridized carbons (Fsp3) is 0.407. The maximum absolute atomic E-state index is 10.6. The number of pyridine rings is 1. The van der Waals surface area contributed by atoms with Crippen molar-refractivity contribution in [3.05, 3.63) is 77.4 Å². The van der Waals surface area contributed by atoms with Gasteiger partial charge in [0.15, 0.2) is 5.11 Å². The van der Waals surface area contributed by atoms with Gasteiger partial charge in [-0.3, -0.25) is 9.88 Å². The molecule has 5 rings (SSSR count). The zero-order valence-electron chi connectivity index (χ0n) is 20.4. The number of morpholine rings is 1. The highest BCUT2D eigenvalue weighted by Crippen LogP contribution is 2.42. The molecule has 2 atom stereocenters. The highest BCUT2D eigenvalue weighted by atomic mass is 32.1. The molecular weight excluding hydrogens is 458 g/mol. The third-order valence-corrected chi connectivity index (χ3v) is 7.44. The maximum atomic E-state index is 10.6. The van der Waals surface area contributed by atoms with Crippen LogP contribution in [-0.2, 0) is 4.74 Å². The number of aromatic nitrogens is 2. The van der Waals surface area contributed by atoms with E-state index in [-0.39, 0.29) is 17.8 Å². The lowest BCUT2D eigenvalue weighted by atomic mass is 9.96. The minimum Gasteiger partial charge on any atom is -0.506 e. The van der Waals surface area contributed by atoms with Crippen LogP contribution in [0, 0.1) is 13.8 Å². The molecule has 0 bridgehead atoms. The van der Waals surface area contributed by atoms with Crippen LogP contribution in [0.3, 0.4) is 0 Å². The Hall–Kier alpha value is -2.94. The van der Waals surface area contributed by atoms with Crippen molar-refractivity contribution in [3.63, 3.8) is 0 Å². The second kappa shape index (κ2) is 10.4. The molecule has 0 aliphatic carbocycles. The second-order valence-electron chi connectivity index (χ2n) is 9.28. The van der Waals surface area contributed by atoms with Crippen LogP contribution >= 0.6 is 12.2 Å². The standard InChI is InChI=1S/C27H33N5O2S/c1-19-18-21(20(2)32(19)23-9-3-4-10-24(23)33)26-25(22-8-5-6-11-28-22)29-27(35)31(26)13-7-12-30-14-16-34-17-15-30/h3-6,8-11,18,25-26,33H,7,12-17H2,1-2H3,(H,29,35)/t25-,26+/m0/s1. The van der Waals surface area contributed by atoms with E-state index in [0.717, 1.165) is 73.7 Å². The van der Waals surface area contributed by atoms with Crippen molar-refractivity contribution < 1.29 is 9.84 Å². The van der Waals surface area contributed by atoms with Gasteiger partial charge in [0.1, 0.15) is 5.75 Å². The molecule has 0 unspecified atom stereocenters. The van der Waals surface area contributed by atoms with Gasteiger partial charge in [-0.25, -0.2) is 0 Å². The van der Waals surface area contributed by atoms with Crippen LogP contribution in [0.2, 0.25) is 0 Å². The number of phenolic OH excluding ortho intramolecular Hbond substituents is 1. The molecule has 2 saturated heterocycles. The third kappa shape index (κ3) is 4.78. The molecular formula is C27H33N5O2S. The predicted octanol–water partition coefficient (Wildman–Crippen LogP) is 3.89. The normalized spacial score (nSPS) is 20.9. The third-order valence-electron chi connectivity index (χ3n) is 7.09. The Morgan fingerprint density at radius 3 is 2.60 bits per heavy atom. The molecule has 1 aromatic carbocycles. The second-order valence-corrected chi connectivity index (χ2v) is 9.66. The number of hydrogen-bond donors (Lipinski definition) is 2. The van der Waals surface area contributed by atoms with E-state index >= 15 is 0 Å². The monoisotopic (exact) mass is 491 g/mol. The van der Waals surface area contributed by atoms with Crippen molar-refractivity contribution in [1.82, 2.24) is 24.7 Å². The Balaban J connectivity index is 1.48. The average Bonchev–Trinajstić information content (AvgIpc) is 3.35. The highest BCUT2D eigenvalue weighted by molar-refractivity contribution is 7.80. The summed E-state index contributed by atoms with van der Waals surface area (Å²) in [5.41, 5.74) is 5.13. The molecule has 0 radical (unpaired) electrons. The zero-order valence-corrected chi connectivity index (χ0v) is 21.2. The Morgan fingerprint density at radius 1 is 1.09 bits per heavy atom. The summed E-state index contributed by atoms with van der Waals surface area (Å²) in [6, 6.07) is 15.7. The summed E-state index contributed by atoms with van der Waals surface area (Å²) in [4.78, 5) is 9.46. The number of benzene rings is 1. The van der Waals surface area contributed by atoms with Crippen molar-refractivity contribution in [2.24, 2.45) is 0 Å². The van der Waals surface area contributed by atoms with E-state index in [4.69, 9.17) is 17.0 Å². The highest BCUT2D eigenvalue weighted by Gasteiger charge is 2.41. The lowest BCUT2D eigenvalue weighted by Gasteiger charge is -2.30. The van der Waals surface area contributed by atoms with Crippen LogP contribution in [0.1, 0.15) is 41.1 Å². The molecule has 2 aromatic heterocycles. The summed E-state index contributed by atoms with van der Waals surface area (Å²) >= 11 is 5.87. The molecule has 4 heterocycles. The first-order valence-corrected chi connectivity index (χ1v) is 12.7. The van der Waals surface area contributed by atoms with E-state index in [0.29, 0.717) is 0 Å². The zero-order chi connectivity index (χ0) is 24.4. The summed E-state index contributed by atoms with van der Waals surface area (Å²) in [7, 11) is 0. The number of para-hydroxylation sites is 2. The summed E-state index contributed by atoms with van der Waals surface area (Å²) in [6.45, 7) is 9.70. The van der Waals surface area contributed by atoms with Crippen LogP contribution in [0.15, 0.2) is 54.7 Å². The number of aryl methyl sites for hydroxylation is 1. The number of aromatic hydroxyl groups is 1. The predicted molar refractivity (Wildman–Crippen MR) is 141 cm³/mol. The fourth-order valence-electron chi connectivity index (χ4n) is 5.39. The molecule has 3 aromatic rings. The number of rotatable bonds is 7. The quantitative estimate of drug-likeness (QED) is 0.486. The van der Waals surface area contributed by atoms with E-state index in [1.807, 2.05) is 36.5 Å². The van der Waals surface area contributed by atoms with Gasteiger partial charge in [0, 0.05) is 43.8 Å². The average molecular weight is 492 g/mol. The molecule has 0 spiro atoms. The molecule has 2 aliphatic rings. The molecule has 2 fully saturated rings. The minimum atomic E-state index is -0.0505. The van der Waals surface area contributed by atoms with E-state index in [1.54, 1.807) is 6.07 Å². The van der Waals surface area contributed by atoms with Crippen LogP contribution in [0.4, 0.5) is 0 Å². The maximum Gasteiger partial charge on any atom is 0.170 e. The molecule has 2 aliphatic heterocycles. The van der Waals surface area contributed by atoms with Gasteiger partial charge in [-0.15, -0.1) is 0 Å². The van der Waals surface area contributed by atoms with Crippen molar-refractivity contribution in [2.75, 3.05) is 39.4 Å². The van der Waals surface area contributed by atoms with Crippen LogP contribution in [0.5, 0.6) is 5.75 Å². The lowest BCUT2D eigenvalue weighted by molar-refractivity contribution is 0.0365. The molecule has 2 N–H and O–H groups in total. The molecule has 7 nitrogen and oxygen atoms in total. The number of phenols is 1. The van der Waals surface area contributed by atoms with Gasteiger partial charge in [-0.05, 0) is 68.4 Å². The van der Waals surface area contributed by atoms with Crippen molar-refractivity contribution in [2.45, 2.75) is 32.4 Å². The van der Waals surface area contributed by atoms with Gasteiger partial charge in [0.05, 0.1) is 36.7 Å². The smallest absolute Gasteiger partial charge is 0.170 e. The van der Waals surface area contributed by atoms with Crippen molar-refractivity contribution in [1.29, 1.82) is 0 Å². The Kier molecular flexibility index (Phi) is 7.04. The number of hydrogen-bond acceptors (Lipinski definition) is 5. The van der Waals surface area contributed by atoms with Crippen LogP contribution < -0.4 is 5.32 Å². The first kappa shape index (κ1) is 23.8. The summed E-state index contributed by atoms with van der Waals surface area (Å²) < 4.78 is 7.63. The largest absolute Gasteiger partial charge is 0.506 e. The number of thiocarbonyl (C=S) groups is 1. The van der Waals surface area contributed by atoms with Gasteiger partial charge in [-0.1, -0.05) is 18.2 Å². The first-order chi connectivity index (χ1) is 17.0. The van der Waals surface area contributed by atoms with Gasteiger partial charge in [0.25, 0.3) is 0 Å². The summed E-state index contributed by atoms with van der Waals surface area (Å²) in [6.07, 6.45) is 2.86. The minimum absolute atomic E-state index is 0.00731. The van der Waals surface area contributed by atoms with Crippen molar-refractivity contribution >= 4 is 17.3 Å². The number of nitrogens with one attached hydrogen (secondary N) is 1. The van der Waals surface area contributed by atoms with Crippen LogP contribution in [-0.4, -0.2) is 69.0 Å². The topological polar surface area (TPSA) is 65.8 Å². The Labute approximate surface area is 212 Å². The molecule has 0 saturated carbocycles. The molecule has 35 heavy (non-hydrogen) atoms. The van der Waals surface area contributed by atoms with Gasteiger partial charge >= 0.3 is 0 Å². The van der Waals surface area contributed by atoms with Crippen molar-refractivity contribution in [3.8, 4) is 11.4 Å². The van der Waals surface area contributed by atoms with Crippen LogP contribution in [0.25, 0.3) is 5.69 Å². The number of nitrogens with zero attached hydrogens (tertiary/aromatic N) is 4. The van der Waals surface area contributed by atoms with E-state index in [1.165, 1.54) is 5.56 Å². The van der Waals surface area contributed by atoms with E-state index in [2.05, 4.69) is 50.6 Å². The van der Waals surface area contributed by atoms with E-state index < -0.39 is 0 Å². The van der Waals surface area contributed by atoms with Gasteiger partial charge in [-0.2, -0.15) is 0 Å². The summed E-state index contributed by atoms with van der Waals surface area (Å²) in [5, 5.41) is 14.9. The van der Waals surface area contributed by atoms with Gasteiger partial charge in [0.2, 0.25) is 0 Å². The van der Waals surface area contributed by atoms with E-state index in [9.17, 15) is 5.11 Å². The fourth-order valence-corrected chi connectivity index (χ4v) is 5.72. The number of ether oxygens (including phenoxy) is 1. The molecule has 184 valence electrons. The molecule has 0 amide bonds. The first-order valence-electron chi connectivity index (χ1n) is 12.3. The van der Waals surface area contributed by atoms with Gasteiger partial charge < -0.3 is 24.6 Å². The Bertz CT molecular complexity index is 1180. The summed E-state index contributed by atoms with van der Waals surface area (Å²) in [5.74, 6) is 0.268. The Morgan fingerprint density at radius 2 is 1.86 bits per heavy atom. The SMILES string of the molecule is Cc1cc([C@@H]2[C@H](c3ccccn3)NC(=S)N2CCCN2CCOCC2)c(C)n1-c1ccccc1O. The lowest BCUT2D eigenvalue weighted by Crippen LogP contribution is -2.39.